The van der Waals surface area contributed by atoms with E-state index < -0.39 is 11.9 Å². The second kappa shape index (κ2) is 6.72. The largest absolute Gasteiger partial charge is 0.481 e. The van der Waals surface area contributed by atoms with Gasteiger partial charge in [-0.25, -0.2) is 0 Å². The van der Waals surface area contributed by atoms with Crippen molar-refractivity contribution in [3.8, 4) is 0 Å². The molecule has 0 aliphatic carbocycles. The van der Waals surface area contributed by atoms with Gasteiger partial charge in [-0.3, -0.25) is 14.4 Å². The number of pyridine rings is 1. The van der Waals surface area contributed by atoms with Crippen LogP contribution in [0.3, 0.4) is 0 Å². The number of amides is 1. The highest BCUT2D eigenvalue weighted by molar-refractivity contribution is 6.30. The normalized spacial score (nSPS) is 19.8. The molecule has 2 heterocycles. The standard InChI is InChI=1S/C18H17ClN2O4/c1-20-7-6-12(8-16(20)22)17(23)21-9-14(15(10-21)18(24)25)11-2-4-13(19)5-3-11/h2-8,14-15H,9-10H2,1H3,(H,24,25)/t14-,15+/m0/s1. The molecule has 6 nitrogen and oxygen atoms in total. The summed E-state index contributed by atoms with van der Waals surface area (Å²) in [5.74, 6) is -2.29. The smallest absolute Gasteiger partial charge is 0.308 e. The fourth-order valence-corrected chi connectivity index (χ4v) is 3.26. The molecule has 130 valence electrons. The zero-order valence-corrected chi connectivity index (χ0v) is 14.3. The topological polar surface area (TPSA) is 79.6 Å². The van der Waals surface area contributed by atoms with Crippen LogP contribution in [0.2, 0.25) is 5.02 Å². The second-order valence-corrected chi connectivity index (χ2v) is 6.61. The van der Waals surface area contributed by atoms with E-state index in [9.17, 15) is 19.5 Å². The second-order valence-electron chi connectivity index (χ2n) is 6.18. The number of hydrogen-bond donors (Lipinski definition) is 1. The number of rotatable bonds is 3. The molecule has 1 aliphatic rings. The van der Waals surface area contributed by atoms with Crippen molar-refractivity contribution in [1.82, 2.24) is 9.47 Å². The van der Waals surface area contributed by atoms with Gasteiger partial charge < -0.3 is 14.6 Å². The van der Waals surface area contributed by atoms with Crippen LogP contribution in [-0.2, 0) is 11.8 Å². The first-order valence-corrected chi connectivity index (χ1v) is 8.19. The van der Waals surface area contributed by atoms with Gasteiger partial charge in [-0.1, -0.05) is 23.7 Å². The first-order chi connectivity index (χ1) is 11.9. The van der Waals surface area contributed by atoms with Crippen LogP contribution in [0.4, 0.5) is 0 Å². The summed E-state index contributed by atoms with van der Waals surface area (Å²) in [7, 11) is 1.60. The lowest BCUT2D eigenvalue weighted by Gasteiger charge is -2.16. The predicted molar refractivity (Wildman–Crippen MR) is 92.9 cm³/mol. The summed E-state index contributed by atoms with van der Waals surface area (Å²) < 4.78 is 1.37. The van der Waals surface area contributed by atoms with Crippen molar-refractivity contribution in [2.45, 2.75) is 5.92 Å². The molecule has 0 saturated carbocycles. The van der Waals surface area contributed by atoms with Crippen molar-refractivity contribution in [3.05, 3.63) is 69.1 Å². The fraction of sp³-hybridized carbons (Fsp3) is 0.278. The van der Waals surface area contributed by atoms with E-state index in [-0.39, 0.29) is 36.0 Å². The molecular formula is C18H17ClN2O4. The molecule has 0 radical (unpaired) electrons. The van der Waals surface area contributed by atoms with E-state index in [0.29, 0.717) is 5.02 Å². The molecule has 1 aliphatic heterocycles. The highest BCUT2D eigenvalue weighted by atomic mass is 35.5. The van der Waals surface area contributed by atoms with Crippen molar-refractivity contribution >= 4 is 23.5 Å². The Kier molecular flexibility index (Phi) is 4.63. The average molecular weight is 361 g/mol. The van der Waals surface area contributed by atoms with Crippen LogP contribution in [0.25, 0.3) is 0 Å². The Labute approximate surface area is 149 Å². The highest BCUT2D eigenvalue weighted by Crippen LogP contribution is 2.34. The average Bonchev–Trinajstić information content (AvgIpc) is 3.03. The molecule has 0 unspecified atom stereocenters. The number of benzene rings is 1. The third-order valence-electron chi connectivity index (χ3n) is 4.57. The third-order valence-corrected chi connectivity index (χ3v) is 4.83. The number of aliphatic carboxylic acids is 1. The van der Waals surface area contributed by atoms with Gasteiger partial charge in [0.2, 0.25) is 0 Å². The molecule has 0 bridgehead atoms. The molecule has 1 N–H and O–H groups in total. The van der Waals surface area contributed by atoms with E-state index in [1.807, 2.05) is 0 Å². The number of aryl methyl sites for hydroxylation is 1. The molecule has 1 aromatic heterocycles. The number of hydrogen-bond acceptors (Lipinski definition) is 3. The molecule has 1 saturated heterocycles. The third kappa shape index (κ3) is 3.44. The molecule has 1 fully saturated rings. The van der Waals surface area contributed by atoms with Gasteiger partial charge in [0.25, 0.3) is 11.5 Å². The van der Waals surface area contributed by atoms with Crippen LogP contribution in [0.5, 0.6) is 0 Å². The number of aromatic nitrogens is 1. The van der Waals surface area contributed by atoms with E-state index in [1.165, 1.54) is 21.7 Å². The molecule has 3 rings (SSSR count). The Hall–Kier alpha value is -2.60. The Balaban J connectivity index is 1.87. The Morgan fingerprint density at radius 1 is 1.16 bits per heavy atom. The molecule has 25 heavy (non-hydrogen) atoms. The van der Waals surface area contributed by atoms with Crippen molar-refractivity contribution < 1.29 is 14.7 Å². The quantitative estimate of drug-likeness (QED) is 0.907. The molecule has 1 amide bonds. The summed E-state index contributed by atoms with van der Waals surface area (Å²) in [6, 6.07) is 9.83. The van der Waals surface area contributed by atoms with Crippen LogP contribution in [-0.4, -0.2) is 39.5 Å². The van der Waals surface area contributed by atoms with Crippen LogP contribution in [0, 0.1) is 5.92 Å². The first kappa shape index (κ1) is 17.2. The van der Waals surface area contributed by atoms with Gasteiger partial charge in [-0.15, -0.1) is 0 Å². The van der Waals surface area contributed by atoms with Gasteiger partial charge in [0.15, 0.2) is 0 Å². The highest BCUT2D eigenvalue weighted by Gasteiger charge is 2.40. The molecular weight excluding hydrogens is 344 g/mol. The molecule has 0 spiro atoms. The predicted octanol–water partition coefficient (Wildman–Crippen LogP) is 1.98. The maximum Gasteiger partial charge on any atom is 0.308 e. The fourth-order valence-electron chi connectivity index (χ4n) is 3.13. The summed E-state index contributed by atoms with van der Waals surface area (Å²) >= 11 is 5.89. The van der Waals surface area contributed by atoms with Crippen molar-refractivity contribution in [1.29, 1.82) is 0 Å². The number of nitrogens with zero attached hydrogens (tertiary/aromatic N) is 2. The lowest BCUT2D eigenvalue weighted by Crippen LogP contribution is -2.31. The maximum atomic E-state index is 12.7. The van der Waals surface area contributed by atoms with E-state index in [1.54, 1.807) is 37.4 Å². The monoisotopic (exact) mass is 360 g/mol. The van der Waals surface area contributed by atoms with Gasteiger partial charge in [0, 0.05) is 48.9 Å². The summed E-state index contributed by atoms with van der Waals surface area (Å²) in [5, 5.41) is 10.1. The molecule has 1 aromatic carbocycles. The van der Waals surface area contributed by atoms with Gasteiger partial charge in [-0.05, 0) is 23.8 Å². The van der Waals surface area contributed by atoms with Gasteiger partial charge >= 0.3 is 5.97 Å². The number of carboxylic acid groups (broad SMARTS) is 1. The van der Waals surface area contributed by atoms with E-state index >= 15 is 0 Å². The van der Waals surface area contributed by atoms with Crippen molar-refractivity contribution in [3.63, 3.8) is 0 Å². The van der Waals surface area contributed by atoms with Gasteiger partial charge in [0.1, 0.15) is 0 Å². The maximum absolute atomic E-state index is 12.7. The Morgan fingerprint density at radius 2 is 1.84 bits per heavy atom. The SMILES string of the molecule is Cn1ccc(C(=O)N2C[C@@H](C(=O)O)[C@H](c3ccc(Cl)cc3)C2)cc1=O. The minimum absolute atomic E-state index is 0.108. The lowest BCUT2D eigenvalue weighted by molar-refractivity contribution is -0.141. The Bertz CT molecular complexity index is 875. The number of likely N-dealkylation sites (tertiary alicyclic amines) is 1. The summed E-state index contributed by atoms with van der Waals surface area (Å²) in [4.78, 5) is 37.5. The van der Waals surface area contributed by atoms with Crippen LogP contribution in [0.15, 0.2) is 47.4 Å². The summed E-state index contributed by atoms with van der Waals surface area (Å²) in [6.45, 7) is 0.392. The van der Waals surface area contributed by atoms with Crippen LogP contribution < -0.4 is 5.56 Å². The molecule has 2 atom stereocenters. The number of carbonyl (C=O) groups excluding carboxylic acids is 1. The van der Waals surface area contributed by atoms with Crippen LogP contribution in [0.1, 0.15) is 21.8 Å². The zero-order valence-electron chi connectivity index (χ0n) is 13.6. The van der Waals surface area contributed by atoms with Gasteiger partial charge in [0.05, 0.1) is 5.92 Å². The lowest BCUT2D eigenvalue weighted by atomic mass is 9.89. The van der Waals surface area contributed by atoms with E-state index in [0.717, 1.165) is 5.56 Å². The minimum atomic E-state index is -0.945. The molecule has 2 aromatic rings. The van der Waals surface area contributed by atoms with E-state index in [2.05, 4.69) is 0 Å². The van der Waals surface area contributed by atoms with E-state index in [4.69, 9.17) is 11.6 Å². The van der Waals surface area contributed by atoms with Crippen molar-refractivity contribution in [2.75, 3.05) is 13.1 Å². The zero-order chi connectivity index (χ0) is 18.1. The molecule has 7 heteroatoms. The number of halogens is 1. The minimum Gasteiger partial charge on any atom is -0.481 e. The Morgan fingerprint density at radius 3 is 2.44 bits per heavy atom. The van der Waals surface area contributed by atoms with Crippen LogP contribution >= 0.6 is 11.6 Å². The summed E-state index contributed by atoms with van der Waals surface area (Å²) in [6.07, 6.45) is 1.52. The summed E-state index contributed by atoms with van der Waals surface area (Å²) in [5.41, 5.74) is 0.814. The number of carboxylic acids is 1. The number of carbonyl (C=O) groups is 2. The van der Waals surface area contributed by atoms with Gasteiger partial charge in [-0.2, -0.15) is 0 Å². The van der Waals surface area contributed by atoms with Crippen molar-refractivity contribution in [2.24, 2.45) is 13.0 Å². The first-order valence-electron chi connectivity index (χ1n) is 7.81.